The summed E-state index contributed by atoms with van der Waals surface area (Å²) in [7, 11) is 0. The number of nitrogens with zero attached hydrogens (tertiary/aromatic N) is 2. The molecule has 1 aliphatic carbocycles. The lowest BCUT2D eigenvalue weighted by Gasteiger charge is -2.31. The highest BCUT2D eigenvalue weighted by atomic mass is 15.4. The monoisotopic (exact) mass is 229 g/mol. The zero-order chi connectivity index (χ0) is 11.4. The summed E-state index contributed by atoms with van der Waals surface area (Å²) < 4.78 is 0. The lowest BCUT2D eigenvalue weighted by molar-refractivity contribution is 0.553. The molecule has 2 unspecified atom stereocenters. The van der Waals surface area contributed by atoms with Crippen LogP contribution in [0.25, 0.3) is 0 Å². The second-order valence-electron chi connectivity index (χ2n) is 5.70. The molecule has 0 amide bonds. The van der Waals surface area contributed by atoms with Crippen molar-refractivity contribution < 1.29 is 0 Å². The van der Waals surface area contributed by atoms with Gasteiger partial charge in [-0.25, -0.2) is 5.84 Å². The smallest absolute Gasteiger partial charge is 0.0570 e. The third-order valence-electron chi connectivity index (χ3n) is 4.76. The maximum Gasteiger partial charge on any atom is 0.0570 e. The number of rotatable bonds is 1. The average molecular weight is 229 g/mol. The first-order valence-electron chi connectivity index (χ1n) is 6.73. The molecule has 0 spiro atoms. The van der Waals surface area contributed by atoms with Gasteiger partial charge < -0.3 is 9.91 Å². The molecule has 3 aliphatic rings. The Morgan fingerprint density at radius 3 is 2.82 bits per heavy atom. The summed E-state index contributed by atoms with van der Waals surface area (Å²) in [6, 6.07) is 7.41. The third kappa shape index (κ3) is 1.32. The van der Waals surface area contributed by atoms with E-state index < -0.39 is 0 Å². The van der Waals surface area contributed by atoms with E-state index in [2.05, 4.69) is 23.1 Å². The fraction of sp³-hybridized carbons (Fsp3) is 0.571. The Bertz CT molecular complexity index is 457. The van der Waals surface area contributed by atoms with Crippen molar-refractivity contribution in [2.45, 2.75) is 31.7 Å². The van der Waals surface area contributed by atoms with Crippen LogP contribution in [0.2, 0.25) is 0 Å². The molecule has 0 radical (unpaired) electrons. The standard InChI is InChI=1S/C14H19N3/c15-17-7-6-12-13(2-1-3-14(12)17)16-9-10-4-5-11(16)8-10/h1-3,10-11H,4-9,15H2. The first-order chi connectivity index (χ1) is 8.33. The van der Waals surface area contributed by atoms with Crippen LogP contribution in [0.4, 0.5) is 11.4 Å². The number of fused-ring (bicyclic) bond motifs is 3. The van der Waals surface area contributed by atoms with Gasteiger partial charge in [0.1, 0.15) is 0 Å². The lowest BCUT2D eigenvalue weighted by Crippen LogP contribution is -2.32. The van der Waals surface area contributed by atoms with E-state index in [1.54, 1.807) is 0 Å². The van der Waals surface area contributed by atoms with E-state index >= 15 is 0 Å². The molecule has 2 aliphatic heterocycles. The highest BCUT2D eigenvalue weighted by Crippen LogP contribution is 2.43. The molecule has 90 valence electrons. The van der Waals surface area contributed by atoms with Crippen molar-refractivity contribution in [3.63, 3.8) is 0 Å². The van der Waals surface area contributed by atoms with Crippen molar-refractivity contribution in [3.05, 3.63) is 23.8 Å². The van der Waals surface area contributed by atoms with Crippen molar-refractivity contribution in [2.24, 2.45) is 11.8 Å². The van der Waals surface area contributed by atoms with Crippen LogP contribution in [0.15, 0.2) is 18.2 Å². The van der Waals surface area contributed by atoms with E-state index in [1.165, 1.54) is 42.7 Å². The molecular formula is C14H19N3. The summed E-state index contributed by atoms with van der Waals surface area (Å²) in [5, 5.41) is 1.90. The highest BCUT2D eigenvalue weighted by Gasteiger charge is 2.39. The lowest BCUT2D eigenvalue weighted by atomic mass is 10.1. The van der Waals surface area contributed by atoms with Crippen LogP contribution in [-0.2, 0) is 6.42 Å². The largest absolute Gasteiger partial charge is 0.368 e. The summed E-state index contributed by atoms with van der Waals surface area (Å²) in [5.41, 5.74) is 4.18. The van der Waals surface area contributed by atoms with Crippen LogP contribution >= 0.6 is 0 Å². The van der Waals surface area contributed by atoms with Crippen molar-refractivity contribution in [1.82, 2.24) is 0 Å². The maximum absolute atomic E-state index is 6.00. The predicted molar refractivity (Wildman–Crippen MR) is 70.2 cm³/mol. The number of benzene rings is 1. The van der Waals surface area contributed by atoms with Gasteiger partial charge in [0.25, 0.3) is 0 Å². The van der Waals surface area contributed by atoms with E-state index in [9.17, 15) is 0 Å². The highest BCUT2D eigenvalue weighted by molar-refractivity contribution is 5.70. The average Bonchev–Trinajstić information content (AvgIpc) is 3.04. The Labute approximate surface area is 102 Å². The van der Waals surface area contributed by atoms with Crippen LogP contribution in [0.1, 0.15) is 24.8 Å². The van der Waals surface area contributed by atoms with Crippen LogP contribution in [0.5, 0.6) is 0 Å². The molecule has 1 aromatic carbocycles. The van der Waals surface area contributed by atoms with Crippen LogP contribution in [-0.4, -0.2) is 19.1 Å². The van der Waals surface area contributed by atoms with Gasteiger partial charge in [-0.3, -0.25) is 0 Å². The first-order valence-corrected chi connectivity index (χ1v) is 6.73. The minimum absolute atomic E-state index is 0.804. The zero-order valence-electron chi connectivity index (χ0n) is 10.1. The number of anilines is 2. The normalized spacial score (nSPS) is 30.2. The molecule has 1 aromatic rings. The quantitative estimate of drug-likeness (QED) is 0.747. The molecule has 2 heterocycles. The van der Waals surface area contributed by atoms with Crippen molar-refractivity contribution in [2.75, 3.05) is 23.0 Å². The van der Waals surface area contributed by atoms with Crippen LogP contribution in [0.3, 0.4) is 0 Å². The Balaban J connectivity index is 1.75. The molecule has 3 nitrogen and oxygen atoms in total. The summed E-state index contributed by atoms with van der Waals surface area (Å²) in [6.07, 6.45) is 5.35. The van der Waals surface area contributed by atoms with Gasteiger partial charge in [-0.05, 0) is 43.7 Å². The van der Waals surface area contributed by atoms with Crippen LogP contribution in [0, 0.1) is 5.92 Å². The predicted octanol–water partition coefficient (Wildman–Crippen LogP) is 1.91. The number of nitrogens with two attached hydrogens (primary N) is 1. The maximum atomic E-state index is 6.00. The van der Waals surface area contributed by atoms with Gasteiger partial charge in [0, 0.05) is 30.4 Å². The van der Waals surface area contributed by atoms with Crippen molar-refractivity contribution >= 4 is 11.4 Å². The fourth-order valence-corrected chi connectivity index (χ4v) is 3.93. The Morgan fingerprint density at radius 2 is 2.06 bits per heavy atom. The van der Waals surface area contributed by atoms with Crippen molar-refractivity contribution in [1.29, 1.82) is 0 Å². The minimum atomic E-state index is 0.804. The van der Waals surface area contributed by atoms with Gasteiger partial charge in [-0.2, -0.15) is 0 Å². The summed E-state index contributed by atoms with van der Waals surface area (Å²) >= 11 is 0. The second kappa shape index (κ2) is 3.39. The molecule has 1 saturated carbocycles. The van der Waals surface area contributed by atoms with Crippen molar-refractivity contribution in [3.8, 4) is 0 Å². The summed E-state index contributed by atoms with van der Waals surface area (Å²) in [4.78, 5) is 2.64. The molecule has 3 heteroatoms. The molecule has 2 N–H and O–H groups in total. The Kier molecular flexibility index (Phi) is 1.95. The number of hydrazine groups is 1. The van der Waals surface area contributed by atoms with Gasteiger partial charge in [0.05, 0.1) is 5.69 Å². The number of piperidine rings is 1. The molecule has 2 atom stereocenters. The van der Waals surface area contributed by atoms with E-state index in [0.717, 1.165) is 24.9 Å². The molecule has 2 fully saturated rings. The van der Waals surface area contributed by atoms with Gasteiger partial charge in [-0.15, -0.1) is 0 Å². The van der Waals surface area contributed by atoms with E-state index in [0.29, 0.717) is 0 Å². The van der Waals surface area contributed by atoms with Gasteiger partial charge in [0.2, 0.25) is 0 Å². The first kappa shape index (κ1) is 9.77. The molecule has 1 saturated heterocycles. The molecule has 17 heavy (non-hydrogen) atoms. The third-order valence-corrected chi connectivity index (χ3v) is 4.76. The van der Waals surface area contributed by atoms with Crippen LogP contribution < -0.4 is 15.8 Å². The Morgan fingerprint density at radius 1 is 1.18 bits per heavy atom. The number of hydrogen-bond acceptors (Lipinski definition) is 3. The van der Waals surface area contributed by atoms with Gasteiger partial charge >= 0.3 is 0 Å². The van der Waals surface area contributed by atoms with E-state index in [1.807, 2.05) is 5.01 Å². The van der Waals surface area contributed by atoms with E-state index in [-0.39, 0.29) is 0 Å². The summed E-state index contributed by atoms with van der Waals surface area (Å²) in [6.45, 7) is 2.24. The Hall–Kier alpha value is -1.22. The minimum Gasteiger partial charge on any atom is -0.368 e. The van der Waals surface area contributed by atoms with Gasteiger partial charge in [-0.1, -0.05) is 6.07 Å². The number of hydrogen-bond donors (Lipinski definition) is 1. The molecule has 4 rings (SSSR count). The molecule has 0 aromatic heterocycles. The molecular weight excluding hydrogens is 210 g/mol. The van der Waals surface area contributed by atoms with E-state index in [4.69, 9.17) is 5.84 Å². The van der Waals surface area contributed by atoms with Gasteiger partial charge in [0.15, 0.2) is 0 Å². The fourth-order valence-electron chi connectivity index (χ4n) is 3.93. The SMILES string of the molecule is NN1CCc2c1cccc2N1CC2CCC1C2. The topological polar surface area (TPSA) is 32.5 Å². The summed E-state index contributed by atoms with van der Waals surface area (Å²) in [5.74, 6) is 6.95. The zero-order valence-corrected chi connectivity index (χ0v) is 10.1. The second-order valence-corrected chi connectivity index (χ2v) is 5.70. The molecule has 2 bridgehead atoms.